The van der Waals surface area contributed by atoms with Gasteiger partial charge in [0, 0.05) is 11.1 Å². The van der Waals surface area contributed by atoms with Gasteiger partial charge in [-0.1, -0.05) is 13.2 Å². The van der Waals surface area contributed by atoms with E-state index in [0.717, 1.165) is 0 Å². The minimum atomic E-state index is -0.962. The van der Waals surface area contributed by atoms with Crippen LogP contribution < -0.4 is 0 Å². The smallest absolute Gasteiger partial charge is 0.466 e. The molecule has 0 bridgehead atoms. The van der Waals surface area contributed by atoms with Gasteiger partial charge in [-0.15, -0.1) is 0 Å². The number of esters is 2. The highest BCUT2D eigenvalue weighted by Gasteiger charge is 2.25. The van der Waals surface area contributed by atoms with Crippen molar-refractivity contribution in [3.63, 3.8) is 0 Å². The second-order valence-electron chi connectivity index (χ2n) is 4.88. The lowest BCUT2D eigenvalue weighted by molar-refractivity contribution is -0.816. The molecule has 0 aromatic carbocycles. The van der Waals surface area contributed by atoms with Crippen LogP contribution >= 0.6 is 0 Å². The van der Waals surface area contributed by atoms with Crippen LogP contribution in [0.4, 0.5) is 4.79 Å². The number of hydrogen-bond acceptors (Lipinski definition) is 5. The average Bonchev–Trinajstić information content (AvgIpc) is 2.37. The zero-order valence-corrected chi connectivity index (χ0v) is 13.3. The van der Waals surface area contributed by atoms with Gasteiger partial charge in [0.15, 0.2) is 0 Å². The standard InChI is InChI=1S/C9H15NO4.C5H8O2/c1-7(2)8(11)14-6-5-10(3,4)9(12)13;1-4(2)5(6)7-3/h1,5-6H2,2-4H3;1H2,2-3H3/p+1. The predicted molar refractivity (Wildman–Crippen MR) is 77.6 cm³/mol. The van der Waals surface area contributed by atoms with Crippen LogP contribution in [-0.2, 0) is 19.1 Å². The molecular weight excluding hydrogens is 278 g/mol. The van der Waals surface area contributed by atoms with Gasteiger partial charge in [0.05, 0.1) is 21.2 Å². The number of ether oxygens (including phenoxy) is 2. The summed E-state index contributed by atoms with van der Waals surface area (Å²) in [5, 5.41) is 8.73. The highest BCUT2D eigenvalue weighted by Crippen LogP contribution is 1.99. The van der Waals surface area contributed by atoms with Gasteiger partial charge in [-0.05, 0) is 13.8 Å². The maximum atomic E-state index is 10.9. The van der Waals surface area contributed by atoms with E-state index >= 15 is 0 Å². The van der Waals surface area contributed by atoms with E-state index < -0.39 is 12.1 Å². The fourth-order valence-corrected chi connectivity index (χ4v) is 0.760. The summed E-state index contributed by atoms with van der Waals surface area (Å²) < 4.78 is 8.81. The first-order chi connectivity index (χ1) is 9.45. The molecule has 7 heteroatoms. The van der Waals surface area contributed by atoms with Crippen LogP contribution in [0.5, 0.6) is 0 Å². The maximum absolute atomic E-state index is 10.9. The maximum Gasteiger partial charge on any atom is 0.513 e. The normalized spacial score (nSPS) is 9.76. The quantitative estimate of drug-likeness (QED) is 0.471. The zero-order valence-electron chi connectivity index (χ0n) is 13.3. The molecular formula is C14H24NO6+. The topological polar surface area (TPSA) is 89.9 Å². The van der Waals surface area contributed by atoms with Gasteiger partial charge in [-0.2, -0.15) is 4.79 Å². The summed E-state index contributed by atoms with van der Waals surface area (Å²) in [4.78, 5) is 31.8. The van der Waals surface area contributed by atoms with Gasteiger partial charge in [0.25, 0.3) is 0 Å². The van der Waals surface area contributed by atoms with Gasteiger partial charge >= 0.3 is 18.0 Å². The van der Waals surface area contributed by atoms with Crippen molar-refractivity contribution in [1.82, 2.24) is 0 Å². The Labute approximate surface area is 125 Å². The lowest BCUT2D eigenvalue weighted by atomic mass is 10.4. The van der Waals surface area contributed by atoms with Crippen LogP contribution in [0.2, 0.25) is 0 Å². The van der Waals surface area contributed by atoms with Crippen LogP contribution in [0.25, 0.3) is 0 Å². The van der Waals surface area contributed by atoms with Crippen molar-refractivity contribution in [2.75, 3.05) is 34.4 Å². The summed E-state index contributed by atoms with van der Waals surface area (Å²) in [5.41, 5.74) is 0.744. The number of carbonyl (C=O) groups excluding carboxylic acids is 2. The number of hydrogen-bond donors (Lipinski definition) is 1. The molecule has 0 aromatic rings. The zero-order chi connectivity index (χ0) is 17.2. The molecule has 0 aliphatic rings. The number of carbonyl (C=O) groups is 3. The third kappa shape index (κ3) is 10.3. The molecule has 0 aromatic heterocycles. The molecule has 0 spiro atoms. The van der Waals surface area contributed by atoms with E-state index in [2.05, 4.69) is 17.9 Å². The third-order valence-corrected chi connectivity index (χ3v) is 2.28. The molecule has 1 amide bonds. The van der Waals surface area contributed by atoms with E-state index in [9.17, 15) is 14.4 Å². The number of amides is 1. The largest absolute Gasteiger partial charge is 0.513 e. The molecule has 0 saturated heterocycles. The number of carboxylic acid groups (broad SMARTS) is 1. The Morgan fingerprint density at radius 3 is 1.71 bits per heavy atom. The van der Waals surface area contributed by atoms with E-state index in [4.69, 9.17) is 9.84 Å². The van der Waals surface area contributed by atoms with E-state index in [1.807, 2.05) is 0 Å². The highest BCUT2D eigenvalue weighted by molar-refractivity contribution is 5.87. The van der Waals surface area contributed by atoms with Crippen LogP contribution in [0.3, 0.4) is 0 Å². The second-order valence-corrected chi connectivity index (χ2v) is 4.88. The van der Waals surface area contributed by atoms with Gasteiger partial charge in [0.1, 0.15) is 13.2 Å². The van der Waals surface area contributed by atoms with Crippen LogP contribution in [0.15, 0.2) is 24.3 Å². The van der Waals surface area contributed by atoms with Crippen molar-refractivity contribution in [3.8, 4) is 0 Å². The molecule has 0 atom stereocenters. The molecule has 0 aliphatic carbocycles. The molecule has 0 heterocycles. The molecule has 0 fully saturated rings. The Morgan fingerprint density at radius 2 is 1.48 bits per heavy atom. The first kappa shape index (κ1) is 21.2. The van der Waals surface area contributed by atoms with Crippen molar-refractivity contribution in [2.45, 2.75) is 13.8 Å². The van der Waals surface area contributed by atoms with Crippen LogP contribution in [-0.4, -0.2) is 62.0 Å². The average molecular weight is 302 g/mol. The fraction of sp³-hybridized carbons (Fsp3) is 0.500. The number of quaternary nitrogens is 1. The summed E-state index contributed by atoms with van der Waals surface area (Å²) in [7, 11) is 4.38. The van der Waals surface area contributed by atoms with Crippen LogP contribution in [0, 0.1) is 0 Å². The molecule has 1 N–H and O–H groups in total. The Balaban J connectivity index is 0. The molecule has 7 nitrogen and oxygen atoms in total. The van der Waals surface area contributed by atoms with Crippen LogP contribution in [0.1, 0.15) is 13.8 Å². The minimum absolute atomic E-state index is 0.0744. The number of nitrogens with zero attached hydrogens (tertiary/aromatic N) is 1. The summed E-state index contributed by atoms with van der Waals surface area (Å²) in [5.74, 6) is -0.838. The summed E-state index contributed by atoms with van der Waals surface area (Å²) in [6.07, 6.45) is -0.962. The predicted octanol–water partition coefficient (Wildman–Crippen LogP) is 1.60. The Hall–Kier alpha value is -2.15. The number of likely N-dealkylation sites (N-methyl/N-ethyl adjacent to an activating group) is 1. The SMILES string of the molecule is C=C(C)C(=O)OC.C=C(C)C(=O)OCC[N+](C)(C)C(=O)O. The molecule has 0 rings (SSSR count). The Bertz CT molecular complexity index is 425. The van der Waals surface area contributed by atoms with Crippen molar-refractivity contribution in [1.29, 1.82) is 0 Å². The lowest BCUT2D eigenvalue weighted by Gasteiger charge is -2.21. The summed E-state index contributed by atoms with van der Waals surface area (Å²) >= 11 is 0. The number of rotatable bonds is 5. The van der Waals surface area contributed by atoms with E-state index in [0.29, 0.717) is 11.1 Å². The third-order valence-electron chi connectivity index (χ3n) is 2.28. The molecule has 0 saturated carbocycles. The fourth-order valence-electron chi connectivity index (χ4n) is 0.760. The van der Waals surface area contributed by atoms with E-state index in [1.54, 1.807) is 13.8 Å². The Kier molecular flexibility index (Phi) is 9.78. The Morgan fingerprint density at radius 1 is 1.05 bits per heavy atom. The summed E-state index contributed by atoms with van der Waals surface area (Å²) in [6.45, 7) is 10.2. The van der Waals surface area contributed by atoms with Gasteiger partial charge < -0.3 is 14.6 Å². The van der Waals surface area contributed by atoms with Crippen molar-refractivity contribution >= 4 is 18.0 Å². The molecule has 120 valence electrons. The number of methoxy groups -OCH3 is 1. The molecule has 0 aliphatic heterocycles. The van der Waals surface area contributed by atoms with E-state index in [1.165, 1.54) is 21.2 Å². The van der Waals surface area contributed by atoms with Crippen molar-refractivity contribution in [2.24, 2.45) is 0 Å². The van der Waals surface area contributed by atoms with Crippen molar-refractivity contribution < 1.29 is 33.4 Å². The summed E-state index contributed by atoms with van der Waals surface area (Å²) in [6, 6.07) is 0. The minimum Gasteiger partial charge on any atom is -0.466 e. The van der Waals surface area contributed by atoms with Gasteiger partial charge in [-0.25, -0.2) is 14.1 Å². The molecule has 21 heavy (non-hydrogen) atoms. The first-order valence-corrected chi connectivity index (χ1v) is 6.08. The van der Waals surface area contributed by atoms with Gasteiger partial charge in [0.2, 0.25) is 0 Å². The van der Waals surface area contributed by atoms with Crippen molar-refractivity contribution in [3.05, 3.63) is 24.3 Å². The highest BCUT2D eigenvalue weighted by atomic mass is 16.5. The first-order valence-electron chi connectivity index (χ1n) is 6.08. The van der Waals surface area contributed by atoms with Gasteiger partial charge in [-0.3, -0.25) is 0 Å². The molecule has 0 unspecified atom stereocenters. The molecule has 0 radical (unpaired) electrons. The monoisotopic (exact) mass is 302 g/mol. The second kappa shape index (κ2) is 9.71. The lowest BCUT2D eigenvalue weighted by Crippen LogP contribution is -2.46. The van der Waals surface area contributed by atoms with E-state index in [-0.39, 0.29) is 23.6 Å².